The number of hydrogen-bond donors (Lipinski definition) is 0. The van der Waals surface area contributed by atoms with E-state index >= 15 is 0 Å². The maximum absolute atomic E-state index is 4.50. The largest absolute Gasteiger partial charge is 0.265 e. The lowest BCUT2D eigenvalue weighted by atomic mass is 10.1. The SMILES string of the molecule is CC(C)c1ccnc(-c2ccnn2C)n1. The van der Waals surface area contributed by atoms with Crippen LogP contribution in [-0.2, 0) is 7.05 Å². The summed E-state index contributed by atoms with van der Waals surface area (Å²) >= 11 is 0. The van der Waals surface area contributed by atoms with Crippen molar-refractivity contribution in [3.8, 4) is 11.5 Å². The summed E-state index contributed by atoms with van der Waals surface area (Å²) in [5, 5.41) is 4.10. The van der Waals surface area contributed by atoms with Crippen LogP contribution in [0.2, 0.25) is 0 Å². The molecule has 0 aliphatic heterocycles. The molecule has 4 nitrogen and oxygen atoms in total. The van der Waals surface area contributed by atoms with Gasteiger partial charge < -0.3 is 0 Å². The lowest BCUT2D eigenvalue weighted by molar-refractivity contribution is 0.763. The van der Waals surface area contributed by atoms with Crippen molar-refractivity contribution in [2.24, 2.45) is 7.05 Å². The Hall–Kier alpha value is -1.71. The molecule has 0 radical (unpaired) electrons. The van der Waals surface area contributed by atoms with E-state index in [0.29, 0.717) is 5.92 Å². The highest BCUT2D eigenvalue weighted by Crippen LogP contribution is 2.16. The number of aromatic nitrogens is 4. The monoisotopic (exact) mass is 202 g/mol. The first-order chi connectivity index (χ1) is 7.18. The van der Waals surface area contributed by atoms with E-state index in [-0.39, 0.29) is 0 Å². The van der Waals surface area contributed by atoms with Crippen molar-refractivity contribution in [1.82, 2.24) is 19.7 Å². The summed E-state index contributed by atoms with van der Waals surface area (Å²) in [6.07, 6.45) is 3.55. The standard InChI is InChI=1S/C11H14N4/c1-8(2)9-4-6-12-11(14-9)10-5-7-13-15(10)3/h4-8H,1-3H3. The molecule has 0 unspecified atom stereocenters. The van der Waals surface area contributed by atoms with Gasteiger partial charge in [-0.3, -0.25) is 4.68 Å². The smallest absolute Gasteiger partial charge is 0.178 e. The summed E-state index contributed by atoms with van der Waals surface area (Å²) in [5.74, 6) is 1.15. The second-order valence-corrected chi connectivity index (χ2v) is 3.80. The summed E-state index contributed by atoms with van der Waals surface area (Å²) in [4.78, 5) is 8.76. The van der Waals surface area contributed by atoms with Crippen LogP contribution in [0.25, 0.3) is 11.5 Å². The third kappa shape index (κ3) is 1.88. The van der Waals surface area contributed by atoms with E-state index in [1.165, 1.54) is 0 Å². The highest BCUT2D eigenvalue weighted by atomic mass is 15.3. The zero-order valence-corrected chi connectivity index (χ0v) is 9.18. The van der Waals surface area contributed by atoms with Crippen molar-refractivity contribution in [3.05, 3.63) is 30.2 Å². The quantitative estimate of drug-likeness (QED) is 0.748. The van der Waals surface area contributed by atoms with Crippen molar-refractivity contribution in [1.29, 1.82) is 0 Å². The van der Waals surface area contributed by atoms with Gasteiger partial charge in [0.1, 0.15) is 5.69 Å². The second-order valence-electron chi connectivity index (χ2n) is 3.80. The lowest BCUT2D eigenvalue weighted by Gasteiger charge is -2.06. The van der Waals surface area contributed by atoms with Gasteiger partial charge in [0.15, 0.2) is 5.82 Å². The average Bonchev–Trinajstić information content (AvgIpc) is 2.64. The fourth-order valence-electron chi connectivity index (χ4n) is 1.41. The maximum Gasteiger partial charge on any atom is 0.178 e. The van der Waals surface area contributed by atoms with E-state index < -0.39 is 0 Å². The Bertz CT molecular complexity index is 459. The Morgan fingerprint density at radius 2 is 2.00 bits per heavy atom. The number of nitrogens with zero attached hydrogens (tertiary/aromatic N) is 4. The molecule has 0 saturated heterocycles. The summed E-state index contributed by atoms with van der Waals surface area (Å²) < 4.78 is 1.78. The molecule has 0 bridgehead atoms. The minimum absolute atomic E-state index is 0.417. The third-order valence-corrected chi connectivity index (χ3v) is 2.32. The van der Waals surface area contributed by atoms with E-state index in [2.05, 4.69) is 28.9 Å². The Balaban J connectivity index is 2.46. The van der Waals surface area contributed by atoms with Gasteiger partial charge in [0, 0.05) is 25.1 Å². The predicted octanol–water partition coefficient (Wildman–Crippen LogP) is 2.00. The van der Waals surface area contributed by atoms with E-state index in [1.54, 1.807) is 17.1 Å². The number of hydrogen-bond acceptors (Lipinski definition) is 3. The van der Waals surface area contributed by atoms with Gasteiger partial charge in [-0.15, -0.1) is 0 Å². The summed E-state index contributed by atoms with van der Waals surface area (Å²) in [6.45, 7) is 4.24. The molecule has 0 N–H and O–H groups in total. The molecule has 2 heterocycles. The van der Waals surface area contributed by atoms with Crippen LogP contribution in [0.15, 0.2) is 24.5 Å². The van der Waals surface area contributed by atoms with Gasteiger partial charge in [0.05, 0.1) is 0 Å². The molecule has 2 aromatic rings. The summed E-state index contributed by atoms with van der Waals surface area (Å²) in [7, 11) is 1.89. The van der Waals surface area contributed by atoms with Crippen LogP contribution in [0.3, 0.4) is 0 Å². The van der Waals surface area contributed by atoms with Crippen LogP contribution in [0.4, 0.5) is 0 Å². The van der Waals surface area contributed by atoms with Crippen LogP contribution in [0, 0.1) is 0 Å². The van der Waals surface area contributed by atoms with Crippen LogP contribution < -0.4 is 0 Å². The summed E-state index contributed by atoms with van der Waals surface area (Å²) in [5.41, 5.74) is 2.00. The first-order valence-corrected chi connectivity index (χ1v) is 5.00. The van der Waals surface area contributed by atoms with Crippen LogP contribution in [-0.4, -0.2) is 19.7 Å². The average molecular weight is 202 g/mol. The molecule has 4 heteroatoms. The van der Waals surface area contributed by atoms with E-state index in [9.17, 15) is 0 Å². The van der Waals surface area contributed by atoms with Crippen LogP contribution in [0.1, 0.15) is 25.5 Å². The van der Waals surface area contributed by atoms with Gasteiger partial charge in [0.25, 0.3) is 0 Å². The topological polar surface area (TPSA) is 43.6 Å². The fraction of sp³-hybridized carbons (Fsp3) is 0.364. The molecule has 0 aromatic carbocycles. The van der Waals surface area contributed by atoms with E-state index in [1.807, 2.05) is 19.2 Å². The normalized spacial score (nSPS) is 10.9. The second kappa shape index (κ2) is 3.81. The Kier molecular flexibility index (Phi) is 2.49. The molecule has 0 spiro atoms. The van der Waals surface area contributed by atoms with Gasteiger partial charge in [-0.1, -0.05) is 13.8 Å². The van der Waals surface area contributed by atoms with Crippen molar-refractivity contribution in [2.75, 3.05) is 0 Å². The molecule has 0 fully saturated rings. The van der Waals surface area contributed by atoms with E-state index in [0.717, 1.165) is 17.2 Å². The van der Waals surface area contributed by atoms with Gasteiger partial charge >= 0.3 is 0 Å². The van der Waals surface area contributed by atoms with Crippen molar-refractivity contribution >= 4 is 0 Å². The molecule has 0 amide bonds. The fourth-order valence-corrected chi connectivity index (χ4v) is 1.41. The first kappa shape index (κ1) is 9.83. The van der Waals surface area contributed by atoms with Gasteiger partial charge in [-0.2, -0.15) is 5.10 Å². The maximum atomic E-state index is 4.50. The first-order valence-electron chi connectivity index (χ1n) is 5.00. The zero-order valence-electron chi connectivity index (χ0n) is 9.18. The van der Waals surface area contributed by atoms with Crippen LogP contribution in [0.5, 0.6) is 0 Å². The molecule has 0 atom stereocenters. The third-order valence-electron chi connectivity index (χ3n) is 2.32. The molecule has 0 aliphatic carbocycles. The van der Waals surface area contributed by atoms with E-state index in [4.69, 9.17) is 0 Å². The lowest BCUT2D eigenvalue weighted by Crippen LogP contribution is -2.00. The van der Waals surface area contributed by atoms with Crippen molar-refractivity contribution in [2.45, 2.75) is 19.8 Å². The minimum Gasteiger partial charge on any atom is -0.265 e. The zero-order chi connectivity index (χ0) is 10.8. The molecule has 15 heavy (non-hydrogen) atoms. The predicted molar refractivity (Wildman–Crippen MR) is 58.3 cm³/mol. The number of aryl methyl sites for hydroxylation is 1. The minimum atomic E-state index is 0.417. The molecular formula is C11H14N4. The Morgan fingerprint density at radius 1 is 1.20 bits per heavy atom. The summed E-state index contributed by atoms with van der Waals surface area (Å²) in [6, 6.07) is 3.87. The van der Waals surface area contributed by atoms with Gasteiger partial charge in [0.2, 0.25) is 0 Å². The van der Waals surface area contributed by atoms with Crippen LogP contribution >= 0.6 is 0 Å². The Labute approximate surface area is 89.0 Å². The van der Waals surface area contributed by atoms with Gasteiger partial charge in [-0.25, -0.2) is 9.97 Å². The Morgan fingerprint density at radius 3 is 2.60 bits per heavy atom. The molecule has 2 aromatic heterocycles. The molecule has 0 aliphatic rings. The molecule has 0 saturated carbocycles. The number of rotatable bonds is 2. The molecule has 2 rings (SSSR count). The van der Waals surface area contributed by atoms with Crippen molar-refractivity contribution < 1.29 is 0 Å². The highest BCUT2D eigenvalue weighted by Gasteiger charge is 2.07. The molecular weight excluding hydrogens is 188 g/mol. The van der Waals surface area contributed by atoms with Gasteiger partial charge in [-0.05, 0) is 18.1 Å². The van der Waals surface area contributed by atoms with Crippen molar-refractivity contribution in [3.63, 3.8) is 0 Å². The highest BCUT2D eigenvalue weighted by molar-refractivity contribution is 5.48. The molecule has 78 valence electrons.